The standard InChI is InChI=1S/C26H29N7O8S/c1-11(2)18(34)23(38)32-26(24(30)39)33(25(31)40)17(22(29)37)19(42-26)13-8-9-14(20(27)35)16(21(28)36)15(13)10-41-12-6-4-3-5-7-12/h3-9,11,18,34H,10H2,1-2H3,(H2,27,35)(H2,28,36)(H2,29,37)(H2,30,39)(H2,31,40)(H,32,38)/t18-,26-/m0/s1. The maximum atomic E-state index is 12.9. The van der Waals surface area contributed by atoms with Crippen LogP contribution in [0.2, 0.25) is 0 Å². The topological polar surface area (TPSA) is 277 Å². The molecule has 42 heavy (non-hydrogen) atoms. The van der Waals surface area contributed by atoms with Gasteiger partial charge in [0, 0.05) is 10.5 Å². The molecule has 7 amide bonds. The lowest BCUT2D eigenvalue weighted by molar-refractivity contribution is -0.138. The number of ether oxygens (including phenoxy) is 1. The van der Waals surface area contributed by atoms with E-state index >= 15 is 0 Å². The van der Waals surface area contributed by atoms with Crippen molar-refractivity contribution in [3.05, 3.63) is 70.4 Å². The van der Waals surface area contributed by atoms with E-state index < -0.39 is 64.9 Å². The molecule has 16 heteroatoms. The van der Waals surface area contributed by atoms with E-state index in [0.29, 0.717) is 22.4 Å². The summed E-state index contributed by atoms with van der Waals surface area (Å²) >= 11 is 0.383. The van der Waals surface area contributed by atoms with Crippen LogP contribution in [0.25, 0.3) is 4.91 Å². The van der Waals surface area contributed by atoms with E-state index in [2.05, 4.69) is 5.32 Å². The van der Waals surface area contributed by atoms with Gasteiger partial charge in [-0.1, -0.05) is 49.9 Å². The van der Waals surface area contributed by atoms with E-state index in [1.54, 1.807) is 30.3 Å². The molecular formula is C26H29N7O8S. The van der Waals surface area contributed by atoms with E-state index in [1.165, 1.54) is 19.9 Å². The highest BCUT2D eigenvalue weighted by Gasteiger charge is 2.57. The lowest BCUT2D eigenvalue weighted by atomic mass is 9.94. The zero-order valence-corrected chi connectivity index (χ0v) is 23.3. The lowest BCUT2D eigenvalue weighted by Crippen LogP contribution is -2.67. The van der Waals surface area contributed by atoms with Crippen LogP contribution in [0.4, 0.5) is 4.79 Å². The number of carbonyl (C=O) groups excluding carboxylic acids is 6. The Balaban J connectivity index is 2.34. The summed E-state index contributed by atoms with van der Waals surface area (Å²) in [5.41, 5.74) is 26.5. The van der Waals surface area contributed by atoms with Crippen LogP contribution in [-0.2, 0) is 21.0 Å². The van der Waals surface area contributed by atoms with E-state index in [1.807, 2.05) is 0 Å². The molecule has 15 nitrogen and oxygen atoms in total. The fourth-order valence-electron chi connectivity index (χ4n) is 4.19. The Kier molecular flexibility index (Phi) is 9.13. The minimum Gasteiger partial charge on any atom is -0.489 e. The molecule has 1 heterocycles. The molecule has 0 fully saturated rings. The van der Waals surface area contributed by atoms with Gasteiger partial charge in [-0.3, -0.25) is 24.0 Å². The minimum atomic E-state index is -2.59. The summed E-state index contributed by atoms with van der Waals surface area (Å²) in [4.78, 5) is 73.8. The van der Waals surface area contributed by atoms with Crippen molar-refractivity contribution < 1.29 is 38.6 Å². The zero-order valence-electron chi connectivity index (χ0n) is 22.5. The van der Waals surface area contributed by atoms with Crippen LogP contribution in [0.3, 0.4) is 0 Å². The molecule has 3 rings (SSSR count). The highest BCUT2D eigenvalue weighted by atomic mass is 32.2. The molecule has 1 aliphatic heterocycles. The molecule has 12 N–H and O–H groups in total. The van der Waals surface area contributed by atoms with Gasteiger partial charge >= 0.3 is 6.03 Å². The first-order chi connectivity index (χ1) is 19.6. The van der Waals surface area contributed by atoms with Crippen LogP contribution in [-0.4, -0.2) is 56.7 Å². The van der Waals surface area contributed by atoms with Gasteiger partial charge in [-0.05, 0) is 29.7 Å². The van der Waals surface area contributed by atoms with E-state index in [9.17, 15) is 33.9 Å². The molecule has 0 bridgehead atoms. The van der Waals surface area contributed by atoms with Gasteiger partial charge in [-0.2, -0.15) is 0 Å². The molecule has 222 valence electrons. The number of urea groups is 1. The van der Waals surface area contributed by atoms with Crippen molar-refractivity contribution in [2.45, 2.75) is 31.6 Å². The number of benzene rings is 2. The Labute approximate surface area is 243 Å². The zero-order chi connectivity index (χ0) is 31.5. The Hall–Kier alpha value is -5.09. The Morgan fingerprint density at radius 3 is 2.02 bits per heavy atom. The first kappa shape index (κ1) is 31.4. The summed E-state index contributed by atoms with van der Waals surface area (Å²) in [6, 6.07) is 9.24. The summed E-state index contributed by atoms with van der Waals surface area (Å²) in [5.74, 6) is -6.17. The molecule has 1 aliphatic rings. The van der Waals surface area contributed by atoms with Gasteiger partial charge in [0.25, 0.3) is 22.7 Å². The molecule has 0 aliphatic carbocycles. The molecular weight excluding hydrogens is 570 g/mol. The van der Waals surface area contributed by atoms with Crippen LogP contribution < -0.4 is 38.7 Å². The van der Waals surface area contributed by atoms with Gasteiger partial charge in [0.1, 0.15) is 24.2 Å². The second kappa shape index (κ2) is 12.2. The monoisotopic (exact) mass is 599 g/mol. The van der Waals surface area contributed by atoms with E-state index in [0.717, 1.165) is 6.07 Å². The van der Waals surface area contributed by atoms with Gasteiger partial charge in [-0.25, -0.2) is 9.69 Å². The van der Waals surface area contributed by atoms with Crippen LogP contribution in [0.1, 0.15) is 45.7 Å². The lowest BCUT2D eigenvalue weighted by Gasteiger charge is -2.35. The van der Waals surface area contributed by atoms with Crippen molar-refractivity contribution in [1.29, 1.82) is 0 Å². The molecule has 0 saturated carbocycles. The average molecular weight is 600 g/mol. The third-order valence-corrected chi connectivity index (χ3v) is 7.58. The number of rotatable bonds is 11. The largest absolute Gasteiger partial charge is 0.489 e. The van der Waals surface area contributed by atoms with Gasteiger partial charge in [-0.15, -0.1) is 0 Å². The highest BCUT2D eigenvalue weighted by Crippen LogP contribution is 2.51. The summed E-state index contributed by atoms with van der Waals surface area (Å²) < 4.78 is 5.80. The smallest absolute Gasteiger partial charge is 0.322 e. The number of para-hydroxylation sites is 1. The van der Waals surface area contributed by atoms with Crippen LogP contribution in [0.5, 0.6) is 5.75 Å². The predicted molar refractivity (Wildman–Crippen MR) is 150 cm³/mol. The number of hydrogen-bond donors (Lipinski definition) is 7. The van der Waals surface area contributed by atoms with Crippen molar-refractivity contribution >= 4 is 52.2 Å². The molecule has 2 aromatic rings. The normalized spacial score (nSPS) is 17.1. The van der Waals surface area contributed by atoms with Gasteiger partial charge in [0.15, 0.2) is 0 Å². The van der Waals surface area contributed by atoms with Gasteiger partial charge in [0.2, 0.25) is 11.8 Å². The third kappa shape index (κ3) is 5.84. The summed E-state index contributed by atoms with van der Waals surface area (Å²) in [5, 5.41) is 12.5. The maximum absolute atomic E-state index is 12.9. The van der Waals surface area contributed by atoms with Crippen LogP contribution in [0.15, 0.2) is 48.2 Å². The molecule has 0 saturated heterocycles. The second-order valence-corrected chi connectivity index (χ2v) is 10.6. The molecule has 0 unspecified atom stereocenters. The van der Waals surface area contributed by atoms with E-state index in [4.69, 9.17) is 33.4 Å². The molecule has 2 aromatic carbocycles. The van der Waals surface area contributed by atoms with Crippen molar-refractivity contribution in [3.8, 4) is 5.75 Å². The number of primary amides is 5. The second-order valence-electron chi connectivity index (χ2n) is 9.35. The number of aliphatic hydroxyl groups is 1. The molecule has 0 spiro atoms. The number of nitrogens with one attached hydrogen (secondary N) is 1. The quantitative estimate of drug-likeness (QED) is 0.167. The number of aliphatic hydroxyl groups excluding tert-OH is 1. The fraction of sp³-hybridized carbons (Fsp3) is 0.231. The van der Waals surface area contributed by atoms with Crippen molar-refractivity contribution in [1.82, 2.24) is 10.2 Å². The first-order valence-corrected chi connectivity index (χ1v) is 13.0. The molecule has 0 aromatic heterocycles. The van der Waals surface area contributed by atoms with Gasteiger partial charge in [0.05, 0.1) is 11.1 Å². The van der Waals surface area contributed by atoms with Crippen LogP contribution >= 0.6 is 11.8 Å². The SMILES string of the molecule is CC(C)[C@H](O)C(=O)N[C@]1(C(N)=O)SC(c2ccc(C(N)=O)c(C(N)=O)c2COc2ccccc2)=C(C(N)=O)N1C(N)=O. The average Bonchev–Trinajstić information content (AvgIpc) is 3.27. The van der Waals surface area contributed by atoms with Crippen molar-refractivity contribution in [2.75, 3.05) is 0 Å². The number of nitrogens with two attached hydrogens (primary N) is 5. The molecule has 0 radical (unpaired) electrons. The van der Waals surface area contributed by atoms with Gasteiger partial charge < -0.3 is 43.8 Å². The Morgan fingerprint density at radius 2 is 1.55 bits per heavy atom. The third-order valence-electron chi connectivity index (χ3n) is 6.18. The number of amides is 7. The van der Waals surface area contributed by atoms with Crippen LogP contribution in [0, 0.1) is 5.92 Å². The number of carbonyl (C=O) groups is 6. The Bertz CT molecular complexity index is 1510. The maximum Gasteiger partial charge on any atom is 0.322 e. The summed E-state index contributed by atoms with van der Waals surface area (Å²) in [6.45, 7) is 2.59. The van der Waals surface area contributed by atoms with Crippen molar-refractivity contribution in [2.24, 2.45) is 34.6 Å². The predicted octanol–water partition coefficient (Wildman–Crippen LogP) is -0.983. The van der Waals surface area contributed by atoms with E-state index in [-0.39, 0.29) is 27.2 Å². The number of nitrogens with zero attached hydrogens (tertiary/aromatic N) is 1. The number of thioether (sulfide) groups is 1. The molecule has 2 atom stereocenters. The Morgan fingerprint density at radius 1 is 0.929 bits per heavy atom. The van der Waals surface area contributed by atoms with Crippen molar-refractivity contribution in [3.63, 3.8) is 0 Å². The minimum absolute atomic E-state index is 0.0587. The first-order valence-electron chi connectivity index (χ1n) is 12.2. The fourth-order valence-corrected chi connectivity index (χ4v) is 5.60. The summed E-state index contributed by atoms with van der Waals surface area (Å²) in [6.07, 6.45) is -1.66. The number of hydrogen-bond acceptors (Lipinski definition) is 9. The summed E-state index contributed by atoms with van der Waals surface area (Å²) in [7, 11) is 0. The highest BCUT2D eigenvalue weighted by molar-refractivity contribution is 8.10.